The van der Waals surface area contributed by atoms with Crippen LogP contribution in [0.2, 0.25) is 0 Å². The second kappa shape index (κ2) is 8.17. The molecule has 0 spiro atoms. The Bertz CT molecular complexity index is 478. The number of hydrogen-bond donors (Lipinski definition) is 2. The zero-order valence-electron chi connectivity index (χ0n) is 12.0. The fourth-order valence-corrected chi connectivity index (χ4v) is 2.31. The van der Waals surface area contributed by atoms with Gasteiger partial charge in [0, 0.05) is 24.8 Å². The van der Waals surface area contributed by atoms with E-state index in [9.17, 15) is 18.0 Å². The number of carbonyl (C=O) groups excluding carboxylic acids is 1. The third-order valence-corrected chi connectivity index (χ3v) is 3.61. The highest BCUT2D eigenvalue weighted by Crippen LogP contribution is 2.35. The molecule has 0 radical (unpaired) electrons. The number of halogens is 3. The first-order chi connectivity index (χ1) is 9.90. The van der Waals surface area contributed by atoms with Gasteiger partial charge in [0.25, 0.3) is 5.91 Å². The van der Waals surface area contributed by atoms with Crippen molar-refractivity contribution >= 4 is 23.4 Å². The van der Waals surface area contributed by atoms with E-state index >= 15 is 0 Å². The van der Waals surface area contributed by atoms with Gasteiger partial charge in [-0.25, -0.2) is 0 Å². The summed E-state index contributed by atoms with van der Waals surface area (Å²) in [7, 11) is 1.41. The maximum atomic E-state index is 12.9. The van der Waals surface area contributed by atoms with E-state index in [1.54, 1.807) is 11.8 Å². The van der Waals surface area contributed by atoms with Gasteiger partial charge in [-0.2, -0.15) is 24.9 Å². The number of amides is 1. The van der Waals surface area contributed by atoms with E-state index in [4.69, 9.17) is 0 Å². The minimum atomic E-state index is -4.49. The molecule has 1 aromatic rings. The fourth-order valence-electron chi connectivity index (χ4n) is 1.81. The molecule has 21 heavy (non-hydrogen) atoms. The van der Waals surface area contributed by atoms with Gasteiger partial charge >= 0.3 is 6.18 Å². The number of alkyl halides is 3. The molecule has 1 aromatic carbocycles. The van der Waals surface area contributed by atoms with Gasteiger partial charge in [0.05, 0.1) is 5.56 Å². The van der Waals surface area contributed by atoms with E-state index in [0.717, 1.165) is 24.7 Å². The lowest BCUT2D eigenvalue weighted by Gasteiger charge is -2.14. The van der Waals surface area contributed by atoms with E-state index in [-0.39, 0.29) is 11.3 Å². The van der Waals surface area contributed by atoms with Crippen LogP contribution in [-0.2, 0) is 6.18 Å². The summed E-state index contributed by atoms with van der Waals surface area (Å²) < 4.78 is 38.7. The van der Waals surface area contributed by atoms with E-state index in [1.807, 2.05) is 6.26 Å². The zero-order valence-corrected chi connectivity index (χ0v) is 12.8. The Kier molecular flexibility index (Phi) is 6.87. The van der Waals surface area contributed by atoms with Gasteiger partial charge in [-0.15, -0.1) is 0 Å². The summed E-state index contributed by atoms with van der Waals surface area (Å²) in [5.41, 5.74) is -0.856. The fraction of sp³-hybridized carbons (Fsp3) is 0.500. The second-order valence-electron chi connectivity index (χ2n) is 4.46. The molecule has 7 heteroatoms. The van der Waals surface area contributed by atoms with Crippen LogP contribution in [0.4, 0.5) is 18.9 Å². The summed E-state index contributed by atoms with van der Waals surface area (Å²) in [4.78, 5) is 11.9. The molecule has 0 aliphatic rings. The third-order valence-electron chi connectivity index (χ3n) is 2.92. The van der Waals surface area contributed by atoms with Crippen LogP contribution >= 0.6 is 11.8 Å². The molecule has 0 saturated heterocycles. The lowest BCUT2D eigenvalue weighted by atomic mass is 10.1. The molecule has 1 amide bonds. The zero-order chi connectivity index (χ0) is 15.9. The quantitative estimate of drug-likeness (QED) is 0.754. The van der Waals surface area contributed by atoms with Gasteiger partial charge in [0.2, 0.25) is 0 Å². The highest BCUT2D eigenvalue weighted by molar-refractivity contribution is 7.98. The summed E-state index contributed by atoms with van der Waals surface area (Å²) in [6.45, 7) is 0.467. The van der Waals surface area contributed by atoms with Crippen LogP contribution in [0.25, 0.3) is 0 Å². The normalized spacial score (nSPS) is 11.3. The first-order valence-electron chi connectivity index (χ1n) is 6.56. The average molecular weight is 320 g/mol. The lowest BCUT2D eigenvalue weighted by molar-refractivity contribution is -0.136. The van der Waals surface area contributed by atoms with Crippen molar-refractivity contribution in [2.24, 2.45) is 0 Å². The molecule has 0 aromatic heterocycles. The van der Waals surface area contributed by atoms with Gasteiger partial charge in [-0.3, -0.25) is 4.79 Å². The SMILES string of the molecule is CNc1ccc(C(=O)NCCCCSC)cc1C(F)(F)F. The largest absolute Gasteiger partial charge is 0.418 e. The lowest BCUT2D eigenvalue weighted by Crippen LogP contribution is -2.25. The van der Waals surface area contributed by atoms with Gasteiger partial charge in [0.15, 0.2) is 0 Å². The van der Waals surface area contributed by atoms with Crippen molar-refractivity contribution < 1.29 is 18.0 Å². The maximum absolute atomic E-state index is 12.9. The number of benzene rings is 1. The van der Waals surface area contributed by atoms with Crippen molar-refractivity contribution in [1.29, 1.82) is 0 Å². The molecule has 0 bridgehead atoms. The number of anilines is 1. The second-order valence-corrected chi connectivity index (χ2v) is 5.45. The highest BCUT2D eigenvalue weighted by Gasteiger charge is 2.34. The van der Waals surface area contributed by atoms with Gasteiger partial charge < -0.3 is 10.6 Å². The van der Waals surface area contributed by atoms with Gasteiger partial charge in [0.1, 0.15) is 0 Å². The van der Waals surface area contributed by atoms with E-state index in [1.165, 1.54) is 19.2 Å². The predicted molar refractivity (Wildman–Crippen MR) is 80.9 cm³/mol. The van der Waals surface area contributed by atoms with Crippen LogP contribution in [0.3, 0.4) is 0 Å². The van der Waals surface area contributed by atoms with Gasteiger partial charge in [-0.1, -0.05) is 0 Å². The summed E-state index contributed by atoms with van der Waals surface area (Å²) in [6, 6.07) is 3.53. The monoisotopic (exact) mass is 320 g/mol. The van der Waals surface area contributed by atoms with Crippen molar-refractivity contribution in [2.75, 3.05) is 30.9 Å². The maximum Gasteiger partial charge on any atom is 0.418 e. The first-order valence-corrected chi connectivity index (χ1v) is 7.95. The Hall–Kier alpha value is -1.37. The van der Waals surface area contributed by atoms with Crippen LogP contribution in [-0.4, -0.2) is 31.5 Å². The standard InChI is InChI=1S/C14H19F3N2OS/c1-18-12-6-5-10(9-11(12)14(15,16)17)13(20)19-7-3-4-8-21-2/h5-6,9,18H,3-4,7-8H2,1-2H3,(H,19,20). The Labute approximate surface area is 126 Å². The van der Waals surface area contributed by atoms with Gasteiger partial charge in [-0.05, 0) is 43.0 Å². The summed E-state index contributed by atoms with van der Waals surface area (Å²) in [6.07, 6.45) is -0.713. The van der Waals surface area contributed by atoms with E-state index in [0.29, 0.717) is 6.54 Å². The van der Waals surface area contributed by atoms with Crippen LogP contribution in [0.15, 0.2) is 18.2 Å². The number of rotatable bonds is 7. The molecule has 0 heterocycles. The molecule has 0 atom stereocenters. The molecule has 1 rings (SSSR count). The van der Waals surface area contributed by atoms with Crippen molar-refractivity contribution in [2.45, 2.75) is 19.0 Å². The Morgan fingerprint density at radius 2 is 2.00 bits per heavy atom. The first kappa shape index (κ1) is 17.7. The topological polar surface area (TPSA) is 41.1 Å². The Morgan fingerprint density at radius 1 is 1.29 bits per heavy atom. The molecular formula is C14H19F3N2OS. The minimum Gasteiger partial charge on any atom is -0.388 e. The smallest absolute Gasteiger partial charge is 0.388 e. The molecule has 0 aliphatic carbocycles. The number of nitrogens with one attached hydrogen (secondary N) is 2. The molecule has 118 valence electrons. The summed E-state index contributed by atoms with van der Waals surface area (Å²) in [5, 5.41) is 5.12. The van der Waals surface area contributed by atoms with Crippen molar-refractivity contribution in [3.05, 3.63) is 29.3 Å². The van der Waals surface area contributed by atoms with Crippen LogP contribution in [0.5, 0.6) is 0 Å². The third kappa shape index (κ3) is 5.49. The number of unbranched alkanes of at least 4 members (excludes halogenated alkanes) is 1. The minimum absolute atomic E-state index is 0.0196. The average Bonchev–Trinajstić information content (AvgIpc) is 2.45. The molecule has 3 nitrogen and oxygen atoms in total. The summed E-state index contributed by atoms with van der Waals surface area (Å²) >= 11 is 1.72. The van der Waals surface area contributed by atoms with Crippen molar-refractivity contribution in [3.8, 4) is 0 Å². The highest BCUT2D eigenvalue weighted by atomic mass is 32.2. The molecule has 0 aliphatic heterocycles. The van der Waals surface area contributed by atoms with Crippen molar-refractivity contribution in [1.82, 2.24) is 5.32 Å². The van der Waals surface area contributed by atoms with E-state index in [2.05, 4.69) is 10.6 Å². The Morgan fingerprint density at radius 3 is 2.57 bits per heavy atom. The van der Waals surface area contributed by atoms with Crippen LogP contribution < -0.4 is 10.6 Å². The summed E-state index contributed by atoms with van der Waals surface area (Å²) in [5.74, 6) is 0.526. The number of carbonyl (C=O) groups is 1. The van der Waals surface area contributed by atoms with Crippen LogP contribution in [0, 0.1) is 0 Å². The van der Waals surface area contributed by atoms with Crippen LogP contribution in [0.1, 0.15) is 28.8 Å². The number of hydrogen-bond acceptors (Lipinski definition) is 3. The Balaban J connectivity index is 2.73. The predicted octanol–water partition coefficient (Wildman–Crippen LogP) is 3.62. The van der Waals surface area contributed by atoms with E-state index < -0.39 is 17.6 Å². The number of thioether (sulfide) groups is 1. The molecule has 0 fully saturated rings. The molecule has 0 saturated carbocycles. The molecule has 0 unspecified atom stereocenters. The van der Waals surface area contributed by atoms with Crippen molar-refractivity contribution in [3.63, 3.8) is 0 Å². The molecular weight excluding hydrogens is 301 g/mol. The molecule has 2 N–H and O–H groups in total.